The summed E-state index contributed by atoms with van der Waals surface area (Å²) in [5, 5.41) is 8.07. The molecule has 29 heavy (non-hydrogen) atoms. The van der Waals surface area contributed by atoms with E-state index in [-0.39, 0.29) is 18.2 Å². The molecule has 1 heterocycles. The zero-order valence-electron chi connectivity index (χ0n) is 16.3. The fraction of sp³-hybridized carbons (Fsp3) is 0.286. The fourth-order valence-corrected chi connectivity index (χ4v) is 3.10. The monoisotopic (exact) mass is 397 g/mol. The Morgan fingerprint density at radius 2 is 1.83 bits per heavy atom. The second-order valence-corrected chi connectivity index (χ2v) is 6.55. The summed E-state index contributed by atoms with van der Waals surface area (Å²) in [4.78, 5) is 36.9. The predicted octanol–water partition coefficient (Wildman–Crippen LogP) is 1.50. The van der Waals surface area contributed by atoms with Crippen LogP contribution in [0.1, 0.15) is 22.3 Å². The van der Waals surface area contributed by atoms with Crippen LogP contribution in [0.2, 0.25) is 0 Å². The van der Waals surface area contributed by atoms with Crippen molar-refractivity contribution >= 4 is 23.4 Å². The number of carbonyl (C=O) groups is 3. The highest BCUT2D eigenvalue weighted by atomic mass is 16.5. The van der Waals surface area contributed by atoms with Gasteiger partial charge in [0.25, 0.3) is 5.91 Å². The summed E-state index contributed by atoms with van der Waals surface area (Å²) in [6, 6.07) is 11.3. The standard InChI is InChI=1S/C21H23N3O5/c1-28-17-8-7-13(11-18(17)29-2)9-10-22-19(25)12-16-21(27)23-15-6-4-3-5-14(15)20(26)24-16/h3-8,11,16H,9-10,12H2,1-2H3,(H,22,25)(H,23,27)(H,24,26)/t16-/m0/s1. The van der Waals surface area contributed by atoms with Crippen LogP contribution < -0.4 is 25.4 Å². The van der Waals surface area contributed by atoms with Gasteiger partial charge in [-0.25, -0.2) is 0 Å². The maximum absolute atomic E-state index is 12.4. The Kier molecular flexibility index (Phi) is 6.33. The molecule has 3 amide bonds. The molecule has 0 aliphatic carbocycles. The van der Waals surface area contributed by atoms with E-state index >= 15 is 0 Å². The van der Waals surface area contributed by atoms with Crippen LogP contribution in [0, 0.1) is 0 Å². The number of carbonyl (C=O) groups excluding carboxylic acids is 3. The molecule has 8 heteroatoms. The number of hydrogen-bond donors (Lipinski definition) is 3. The largest absolute Gasteiger partial charge is 0.493 e. The SMILES string of the molecule is COc1ccc(CCNC(=O)C[C@@H]2NC(=O)c3ccccc3NC2=O)cc1OC. The highest BCUT2D eigenvalue weighted by Gasteiger charge is 2.29. The topological polar surface area (TPSA) is 106 Å². The van der Waals surface area contributed by atoms with Gasteiger partial charge in [0.2, 0.25) is 11.8 Å². The molecule has 0 fully saturated rings. The summed E-state index contributed by atoms with van der Waals surface area (Å²) in [6.07, 6.45) is 0.443. The minimum atomic E-state index is -0.934. The minimum absolute atomic E-state index is 0.141. The van der Waals surface area contributed by atoms with E-state index < -0.39 is 11.9 Å². The molecule has 1 atom stereocenters. The molecule has 2 aromatic rings. The van der Waals surface area contributed by atoms with Crippen molar-refractivity contribution in [3.63, 3.8) is 0 Å². The number of hydrogen-bond acceptors (Lipinski definition) is 5. The van der Waals surface area contributed by atoms with E-state index in [9.17, 15) is 14.4 Å². The Bertz CT molecular complexity index is 928. The van der Waals surface area contributed by atoms with Crippen molar-refractivity contribution in [2.75, 3.05) is 26.1 Å². The van der Waals surface area contributed by atoms with E-state index in [1.165, 1.54) is 0 Å². The average Bonchev–Trinajstić information content (AvgIpc) is 2.84. The van der Waals surface area contributed by atoms with Crippen LogP contribution in [-0.2, 0) is 16.0 Å². The third-order valence-electron chi connectivity index (χ3n) is 4.62. The highest BCUT2D eigenvalue weighted by molar-refractivity contribution is 6.10. The van der Waals surface area contributed by atoms with Gasteiger partial charge in [0.1, 0.15) is 6.04 Å². The smallest absolute Gasteiger partial charge is 0.254 e. The van der Waals surface area contributed by atoms with Crippen molar-refractivity contribution < 1.29 is 23.9 Å². The van der Waals surface area contributed by atoms with E-state index in [2.05, 4.69) is 16.0 Å². The Morgan fingerprint density at radius 3 is 2.59 bits per heavy atom. The predicted molar refractivity (Wildman–Crippen MR) is 107 cm³/mol. The normalized spacial score (nSPS) is 15.4. The summed E-state index contributed by atoms with van der Waals surface area (Å²) in [5.41, 5.74) is 1.78. The first-order valence-electron chi connectivity index (χ1n) is 9.20. The molecule has 0 spiro atoms. The molecule has 0 bridgehead atoms. The van der Waals surface area contributed by atoms with Gasteiger partial charge in [-0.15, -0.1) is 0 Å². The molecular formula is C21H23N3O5. The van der Waals surface area contributed by atoms with Gasteiger partial charge in [-0.05, 0) is 36.2 Å². The van der Waals surface area contributed by atoms with Crippen LogP contribution in [0.4, 0.5) is 5.69 Å². The molecule has 152 valence electrons. The van der Waals surface area contributed by atoms with Gasteiger partial charge in [-0.2, -0.15) is 0 Å². The van der Waals surface area contributed by atoms with Gasteiger partial charge in [0.05, 0.1) is 31.9 Å². The molecule has 0 saturated carbocycles. The number of methoxy groups -OCH3 is 2. The van der Waals surface area contributed by atoms with Gasteiger partial charge in [-0.1, -0.05) is 18.2 Å². The van der Waals surface area contributed by atoms with E-state index in [0.717, 1.165) is 5.56 Å². The van der Waals surface area contributed by atoms with Crippen LogP contribution in [0.3, 0.4) is 0 Å². The second kappa shape index (κ2) is 9.09. The molecule has 3 N–H and O–H groups in total. The van der Waals surface area contributed by atoms with Crippen molar-refractivity contribution in [3.8, 4) is 11.5 Å². The highest BCUT2D eigenvalue weighted by Crippen LogP contribution is 2.27. The maximum atomic E-state index is 12.4. The number of ether oxygens (including phenoxy) is 2. The molecule has 0 saturated heterocycles. The number of fused-ring (bicyclic) bond motifs is 1. The molecular weight excluding hydrogens is 374 g/mol. The number of benzene rings is 2. The zero-order chi connectivity index (χ0) is 20.8. The minimum Gasteiger partial charge on any atom is -0.493 e. The zero-order valence-corrected chi connectivity index (χ0v) is 16.3. The van der Waals surface area contributed by atoms with E-state index in [1.54, 1.807) is 44.6 Å². The molecule has 0 unspecified atom stereocenters. The van der Waals surface area contributed by atoms with Gasteiger partial charge in [0, 0.05) is 6.54 Å². The molecule has 8 nitrogen and oxygen atoms in total. The van der Waals surface area contributed by atoms with Crippen molar-refractivity contribution in [1.82, 2.24) is 10.6 Å². The quantitative estimate of drug-likeness (QED) is 0.657. The van der Waals surface area contributed by atoms with E-state index in [4.69, 9.17) is 9.47 Å². The summed E-state index contributed by atoms with van der Waals surface area (Å²) in [7, 11) is 3.13. The summed E-state index contributed by atoms with van der Waals surface area (Å²) in [6.45, 7) is 0.386. The number of para-hydroxylation sites is 1. The van der Waals surface area contributed by atoms with Crippen LogP contribution >= 0.6 is 0 Å². The first kappa shape index (κ1) is 20.2. The summed E-state index contributed by atoms with van der Waals surface area (Å²) < 4.78 is 10.5. The van der Waals surface area contributed by atoms with Crippen LogP contribution in [0.5, 0.6) is 11.5 Å². The van der Waals surface area contributed by atoms with E-state index in [1.807, 2.05) is 12.1 Å². The maximum Gasteiger partial charge on any atom is 0.254 e. The second-order valence-electron chi connectivity index (χ2n) is 6.55. The lowest BCUT2D eigenvalue weighted by Crippen LogP contribution is -2.44. The van der Waals surface area contributed by atoms with Gasteiger partial charge in [-0.3, -0.25) is 14.4 Å². The van der Waals surface area contributed by atoms with Gasteiger partial charge < -0.3 is 25.4 Å². The lowest BCUT2D eigenvalue weighted by molar-refractivity contribution is -0.125. The van der Waals surface area contributed by atoms with Crippen LogP contribution in [0.25, 0.3) is 0 Å². The summed E-state index contributed by atoms with van der Waals surface area (Å²) in [5.74, 6) is 0.127. The number of nitrogens with one attached hydrogen (secondary N) is 3. The Labute approximate surface area is 168 Å². The van der Waals surface area contributed by atoms with Gasteiger partial charge in [0.15, 0.2) is 11.5 Å². The lowest BCUT2D eigenvalue weighted by Gasteiger charge is -2.14. The van der Waals surface area contributed by atoms with Crippen molar-refractivity contribution in [1.29, 1.82) is 0 Å². The Morgan fingerprint density at radius 1 is 1.07 bits per heavy atom. The first-order valence-corrected chi connectivity index (χ1v) is 9.20. The third-order valence-corrected chi connectivity index (χ3v) is 4.62. The van der Waals surface area contributed by atoms with Crippen molar-refractivity contribution in [2.45, 2.75) is 18.9 Å². The average molecular weight is 397 g/mol. The number of amides is 3. The molecule has 0 aromatic heterocycles. The first-order chi connectivity index (χ1) is 14.0. The third kappa shape index (κ3) is 4.84. The van der Waals surface area contributed by atoms with Crippen LogP contribution in [0.15, 0.2) is 42.5 Å². The molecule has 3 rings (SSSR count). The van der Waals surface area contributed by atoms with Gasteiger partial charge >= 0.3 is 0 Å². The van der Waals surface area contributed by atoms with E-state index in [0.29, 0.717) is 35.7 Å². The molecule has 2 aromatic carbocycles. The number of rotatable bonds is 7. The summed E-state index contributed by atoms with van der Waals surface area (Å²) >= 11 is 0. The molecule has 1 aliphatic heterocycles. The molecule has 1 aliphatic rings. The Balaban J connectivity index is 1.53. The lowest BCUT2D eigenvalue weighted by atomic mass is 10.1. The van der Waals surface area contributed by atoms with Crippen molar-refractivity contribution in [2.24, 2.45) is 0 Å². The number of anilines is 1. The van der Waals surface area contributed by atoms with Crippen LogP contribution in [-0.4, -0.2) is 44.5 Å². The Hall–Kier alpha value is -3.55. The molecule has 0 radical (unpaired) electrons. The van der Waals surface area contributed by atoms with Crippen molar-refractivity contribution in [3.05, 3.63) is 53.6 Å². The fourth-order valence-electron chi connectivity index (χ4n) is 3.10.